The SMILES string of the molecule is Cc1cc(F)c(Cc2nnc(-c3c4n5c(c(O)c3=O)C(=O)N3CCCCC5(CC4)C3)s2)c(F)c1. The van der Waals surface area contributed by atoms with Gasteiger partial charge in [-0.15, -0.1) is 10.2 Å². The molecule has 2 aromatic heterocycles. The Morgan fingerprint density at radius 2 is 1.91 bits per heavy atom. The van der Waals surface area contributed by atoms with Gasteiger partial charge in [0.1, 0.15) is 16.6 Å². The van der Waals surface area contributed by atoms with Gasteiger partial charge in [-0.2, -0.15) is 0 Å². The maximum atomic E-state index is 14.3. The lowest BCUT2D eigenvalue weighted by molar-refractivity contribution is 0.0586. The first kappa shape index (κ1) is 21.4. The van der Waals surface area contributed by atoms with Crippen molar-refractivity contribution in [3.63, 3.8) is 0 Å². The number of halogens is 2. The molecule has 0 aliphatic carbocycles. The predicted octanol–water partition coefficient (Wildman–Crippen LogP) is 3.53. The average molecular weight is 485 g/mol. The van der Waals surface area contributed by atoms with Crippen LogP contribution in [0.4, 0.5) is 8.78 Å². The Balaban J connectivity index is 1.47. The van der Waals surface area contributed by atoms with Gasteiger partial charge in [-0.05, 0) is 56.7 Å². The van der Waals surface area contributed by atoms with Crippen molar-refractivity contribution >= 4 is 17.2 Å². The number of carbonyl (C=O) groups is 1. The van der Waals surface area contributed by atoms with Crippen molar-refractivity contribution in [1.82, 2.24) is 19.7 Å². The highest BCUT2D eigenvalue weighted by atomic mass is 32.1. The van der Waals surface area contributed by atoms with Gasteiger partial charge in [0.2, 0.25) is 5.43 Å². The van der Waals surface area contributed by atoms with E-state index in [0.717, 1.165) is 37.0 Å². The summed E-state index contributed by atoms with van der Waals surface area (Å²) >= 11 is 1.07. The average Bonchev–Trinajstić information content (AvgIpc) is 3.33. The third-order valence-corrected chi connectivity index (χ3v) is 8.28. The van der Waals surface area contributed by atoms with Crippen molar-refractivity contribution in [2.75, 3.05) is 13.1 Å². The van der Waals surface area contributed by atoms with E-state index in [1.807, 2.05) is 4.57 Å². The molecule has 6 rings (SSSR count). The molecule has 1 atom stereocenters. The third kappa shape index (κ3) is 2.97. The van der Waals surface area contributed by atoms with Crippen LogP contribution in [0.1, 0.15) is 58.0 Å². The molecular formula is C24H22F2N4O3S. The monoisotopic (exact) mass is 484 g/mol. The van der Waals surface area contributed by atoms with Gasteiger partial charge >= 0.3 is 0 Å². The van der Waals surface area contributed by atoms with Crippen LogP contribution in [0.5, 0.6) is 5.75 Å². The Bertz CT molecular complexity index is 1410. The zero-order chi connectivity index (χ0) is 23.8. The summed E-state index contributed by atoms with van der Waals surface area (Å²) in [5.74, 6) is -2.19. The summed E-state index contributed by atoms with van der Waals surface area (Å²) in [4.78, 5) is 28.2. The van der Waals surface area contributed by atoms with E-state index < -0.39 is 22.8 Å². The van der Waals surface area contributed by atoms with Crippen molar-refractivity contribution < 1.29 is 18.7 Å². The van der Waals surface area contributed by atoms with E-state index in [1.54, 1.807) is 11.8 Å². The molecule has 5 heterocycles. The molecule has 1 aromatic carbocycles. The summed E-state index contributed by atoms with van der Waals surface area (Å²) in [6.45, 7) is 2.81. The van der Waals surface area contributed by atoms with Crippen LogP contribution in [0, 0.1) is 18.6 Å². The second-order valence-electron chi connectivity index (χ2n) is 9.48. The maximum absolute atomic E-state index is 14.3. The molecular weight excluding hydrogens is 462 g/mol. The molecule has 1 N–H and O–H groups in total. The highest BCUT2D eigenvalue weighted by Gasteiger charge is 2.50. The number of hydrogen-bond acceptors (Lipinski definition) is 6. The number of aryl methyl sites for hydroxylation is 1. The molecule has 0 saturated carbocycles. The molecule has 0 radical (unpaired) electrons. The molecule has 3 aliphatic heterocycles. The normalized spacial score (nSPS) is 21.0. The molecule has 7 nitrogen and oxygen atoms in total. The summed E-state index contributed by atoms with van der Waals surface area (Å²) in [5, 5.41) is 19.8. The number of aromatic hydroxyl groups is 1. The van der Waals surface area contributed by atoms with Crippen LogP contribution in [0.25, 0.3) is 10.6 Å². The van der Waals surface area contributed by atoms with Gasteiger partial charge in [0.05, 0.1) is 11.1 Å². The zero-order valence-corrected chi connectivity index (χ0v) is 19.3. The summed E-state index contributed by atoms with van der Waals surface area (Å²) in [6.07, 6.45) is 3.97. The lowest BCUT2D eigenvalue weighted by atomic mass is 9.89. The molecule has 1 unspecified atom stereocenters. The summed E-state index contributed by atoms with van der Waals surface area (Å²) in [7, 11) is 0. The standard InChI is InChI=1S/C24H22F2N4O3S/c1-12-8-14(25)13(15(26)9-12)10-17-27-28-22(34-17)18-16-4-6-24-5-2-3-7-29(11-24)23(33)19(30(16)24)21(32)20(18)31/h8-9,32H,2-7,10-11H2,1H3. The van der Waals surface area contributed by atoms with Gasteiger partial charge < -0.3 is 14.6 Å². The Labute approximate surface area is 197 Å². The van der Waals surface area contributed by atoms with Crippen molar-refractivity contribution in [3.05, 3.63) is 61.5 Å². The van der Waals surface area contributed by atoms with Gasteiger partial charge in [-0.1, -0.05) is 11.3 Å². The van der Waals surface area contributed by atoms with Crippen LogP contribution in [0.3, 0.4) is 0 Å². The van der Waals surface area contributed by atoms with E-state index in [-0.39, 0.29) is 39.7 Å². The number of benzene rings is 1. The van der Waals surface area contributed by atoms with Crippen LogP contribution < -0.4 is 5.43 Å². The number of rotatable bonds is 3. The van der Waals surface area contributed by atoms with Gasteiger partial charge in [-0.25, -0.2) is 8.78 Å². The van der Waals surface area contributed by atoms with Crippen LogP contribution >= 0.6 is 11.3 Å². The topological polar surface area (TPSA) is 88.3 Å². The second-order valence-corrected chi connectivity index (χ2v) is 10.5. The quantitative estimate of drug-likeness (QED) is 0.615. The van der Waals surface area contributed by atoms with E-state index in [1.165, 1.54) is 12.1 Å². The Kier molecular flexibility index (Phi) is 4.68. The van der Waals surface area contributed by atoms with Crippen LogP contribution in [0.15, 0.2) is 16.9 Å². The van der Waals surface area contributed by atoms with Gasteiger partial charge in [0.15, 0.2) is 16.5 Å². The second kappa shape index (κ2) is 7.43. The van der Waals surface area contributed by atoms with E-state index in [9.17, 15) is 23.5 Å². The number of pyridine rings is 1. The van der Waals surface area contributed by atoms with Gasteiger partial charge in [0.25, 0.3) is 5.91 Å². The molecule has 2 bridgehead atoms. The van der Waals surface area contributed by atoms with Crippen molar-refractivity contribution in [2.45, 2.75) is 51.0 Å². The van der Waals surface area contributed by atoms with Crippen molar-refractivity contribution in [1.29, 1.82) is 0 Å². The summed E-state index contributed by atoms with van der Waals surface area (Å²) in [5.41, 5.74) is 0.380. The van der Waals surface area contributed by atoms with Crippen LogP contribution in [-0.4, -0.2) is 43.8 Å². The van der Waals surface area contributed by atoms with E-state index in [0.29, 0.717) is 35.8 Å². The molecule has 10 heteroatoms. The molecule has 1 saturated heterocycles. The number of carbonyl (C=O) groups excluding carboxylic acids is 1. The summed E-state index contributed by atoms with van der Waals surface area (Å²) < 4.78 is 30.6. The predicted molar refractivity (Wildman–Crippen MR) is 121 cm³/mol. The molecule has 3 aromatic rings. The minimum absolute atomic E-state index is 0.0722. The van der Waals surface area contributed by atoms with Crippen molar-refractivity contribution in [3.8, 4) is 16.3 Å². The first-order valence-corrected chi connectivity index (χ1v) is 12.2. The lowest BCUT2D eigenvalue weighted by Gasteiger charge is -2.41. The Hall–Kier alpha value is -3.14. The third-order valence-electron chi connectivity index (χ3n) is 7.34. The van der Waals surface area contributed by atoms with Crippen molar-refractivity contribution in [2.24, 2.45) is 0 Å². The van der Waals surface area contributed by atoms with E-state index in [2.05, 4.69) is 10.2 Å². The zero-order valence-electron chi connectivity index (χ0n) is 18.5. The first-order chi connectivity index (χ1) is 16.3. The van der Waals surface area contributed by atoms with E-state index >= 15 is 0 Å². The minimum Gasteiger partial charge on any atom is -0.503 e. The number of nitrogens with zero attached hydrogens (tertiary/aromatic N) is 4. The number of aromatic nitrogens is 3. The molecule has 1 spiro atoms. The Morgan fingerprint density at radius 1 is 1.15 bits per heavy atom. The van der Waals surface area contributed by atoms with Crippen LogP contribution in [-0.2, 0) is 18.4 Å². The minimum atomic E-state index is -0.655. The molecule has 1 amide bonds. The fourth-order valence-electron chi connectivity index (χ4n) is 5.81. The molecule has 3 aliphatic rings. The van der Waals surface area contributed by atoms with Gasteiger partial charge in [0, 0.05) is 30.8 Å². The fraction of sp³-hybridized carbons (Fsp3) is 0.417. The van der Waals surface area contributed by atoms with Gasteiger partial charge in [-0.3, -0.25) is 9.59 Å². The maximum Gasteiger partial charge on any atom is 0.274 e. The molecule has 34 heavy (non-hydrogen) atoms. The number of amides is 1. The number of fused-ring (bicyclic) bond motifs is 1. The fourth-order valence-corrected chi connectivity index (χ4v) is 6.72. The lowest BCUT2D eigenvalue weighted by Crippen LogP contribution is -2.52. The highest BCUT2D eigenvalue weighted by Crippen LogP contribution is 2.47. The molecule has 176 valence electrons. The Morgan fingerprint density at radius 3 is 2.68 bits per heavy atom. The smallest absolute Gasteiger partial charge is 0.274 e. The van der Waals surface area contributed by atoms with E-state index in [4.69, 9.17) is 0 Å². The first-order valence-electron chi connectivity index (χ1n) is 11.4. The largest absolute Gasteiger partial charge is 0.503 e. The number of hydrogen-bond donors (Lipinski definition) is 1. The summed E-state index contributed by atoms with van der Waals surface area (Å²) in [6, 6.07) is 2.53. The molecule has 1 fully saturated rings. The highest BCUT2D eigenvalue weighted by molar-refractivity contribution is 7.14. The van der Waals surface area contributed by atoms with Crippen LogP contribution in [0.2, 0.25) is 0 Å².